The maximum Gasteiger partial charge on any atom is 0.279 e. The average molecular weight is 304 g/mol. The molecule has 2 N–H and O–H groups in total. The summed E-state index contributed by atoms with van der Waals surface area (Å²) in [5, 5.41) is 10.3. The molecule has 1 atom stereocenters. The molecule has 0 aliphatic heterocycles. The minimum atomic E-state index is -3.66. The number of aliphatic hydroxyl groups is 1. The summed E-state index contributed by atoms with van der Waals surface area (Å²) < 4.78 is 40.3. The zero-order valence-electron chi connectivity index (χ0n) is 12.1. The van der Waals surface area contributed by atoms with E-state index in [4.69, 9.17) is 0 Å². The molecule has 0 radical (unpaired) electrons. The highest BCUT2D eigenvalue weighted by Gasteiger charge is 2.28. The number of hydrogen-bond donors (Lipinski definition) is 2. The van der Waals surface area contributed by atoms with Crippen molar-refractivity contribution in [1.29, 1.82) is 0 Å². The fourth-order valence-corrected chi connectivity index (χ4v) is 2.74. The third kappa shape index (κ3) is 4.24. The largest absolute Gasteiger partial charge is 0.384 e. The van der Waals surface area contributed by atoms with Crippen molar-refractivity contribution in [3.05, 3.63) is 35.6 Å². The Bertz CT molecular complexity index is 541. The van der Waals surface area contributed by atoms with Crippen LogP contribution in [0.1, 0.15) is 26.3 Å². The fraction of sp³-hybridized carbons (Fsp3) is 0.538. The molecular formula is C13H21FN2O3S. The van der Waals surface area contributed by atoms with Gasteiger partial charge in [-0.25, -0.2) is 4.39 Å². The van der Waals surface area contributed by atoms with Crippen LogP contribution in [0, 0.1) is 5.82 Å². The molecule has 7 heteroatoms. The lowest BCUT2D eigenvalue weighted by molar-refractivity contribution is 0.0622. The molecule has 0 saturated heterocycles. The first kappa shape index (κ1) is 17.0. The molecule has 0 heterocycles. The molecule has 1 rings (SSSR count). The second-order valence-electron chi connectivity index (χ2n) is 5.22. The van der Waals surface area contributed by atoms with Crippen LogP contribution in [-0.4, -0.2) is 37.5 Å². The molecule has 0 bridgehead atoms. The van der Waals surface area contributed by atoms with Crippen molar-refractivity contribution in [2.75, 3.05) is 13.6 Å². The number of benzene rings is 1. The lowest BCUT2D eigenvalue weighted by atomic mass is 9.96. The normalized spacial score (nSPS) is 15.6. The van der Waals surface area contributed by atoms with Crippen molar-refractivity contribution >= 4 is 10.2 Å². The fourth-order valence-electron chi connectivity index (χ4n) is 1.52. The van der Waals surface area contributed by atoms with Crippen molar-refractivity contribution < 1.29 is 17.9 Å². The SMILES string of the molecule is CC(C)N(C)S(=O)(=O)NCC(C)(O)c1ccc(F)cc1. The third-order valence-electron chi connectivity index (χ3n) is 3.17. The van der Waals surface area contributed by atoms with Gasteiger partial charge in [0.1, 0.15) is 11.4 Å². The Morgan fingerprint density at radius 3 is 2.30 bits per heavy atom. The molecule has 0 aromatic heterocycles. The van der Waals surface area contributed by atoms with Gasteiger partial charge in [-0.3, -0.25) is 0 Å². The van der Waals surface area contributed by atoms with E-state index in [1.807, 2.05) is 0 Å². The first-order valence-electron chi connectivity index (χ1n) is 6.27. The van der Waals surface area contributed by atoms with Gasteiger partial charge in [0.2, 0.25) is 0 Å². The van der Waals surface area contributed by atoms with Gasteiger partial charge >= 0.3 is 0 Å². The Balaban J connectivity index is 2.80. The average Bonchev–Trinajstić information content (AvgIpc) is 2.36. The maximum atomic E-state index is 12.8. The summed E-state index contributed by atoms with van der Waals surface area (Å²) in [6.45, 7) is 4.77. The van der Waals surface area contributed by atoms with Crippen molar-refractivity contribution in [2.45, 2.75) is 32.4 Å². The van der Waals surface area contributed by atoms with Crippen molar-refractivity contribution in [3.8, 4) is 0 Å². The first-order chi connectivity index (χ1) is 9.06. The number of nitrogens with zero attached hydrogens (tertiary/aromatic N) is 1. The zero-order valence-corrected chi connectivity index (χ0v) is 12.9. The molecule has 20 heavy (non-hydrogen) atoms. The summed E-state index contributed by atoms with van der Waals surface area (Å²) >= 11 is 0. The van der Waals surface area contributed by atoms with Crippen LogP contribution in [-0.2, 0) is 15.8 Å². The quantitative estimate of drug-likeness (QED) is 0.830. The van der Waals surface area contributed by atoms with Crippen LogP contribution in [0.4, 0.5) is 4.39 Å². The molecule has 0 amide bonds. The van der Waals surface area contributed by atoms with Gasteiger partial charge in [0, 0.05) is 19.6 Å². The van der Waals surface area contributed by atoms with Gasteiger partial charge in [-0.15, -0.1) is 0 Å². The number of halogens is 1. The van der Waals surface area contributed by atoms with Crippen LogP contribution >= 0.6 is 0 Å². The molecule has 1 aromatic rings. The molecule has 1 unspecified atom stereocenters. The van der Waals surface area contributed by atoms with Gasteiger partial charge in [0.25, 0.3) is 10.2 Å². The van der Waals surface area contributed by atoms with Crippen molar-refractivity contribution in [1.82, 2.24) is 9.03 Å². The highest BCUT2D eigenvalue weighted by molar-refractivity contribution is 7.87. The molecule has 0 aliphatic carbocycles. The van der Waals surface area contributed by atoms with E-state index >= 15 is 0 Å². The number of nitrogens with one attached hydrogen (secondary N) is 1. The Hall–Kier alpha value is -1.02. The van der Waals surface area contributed by atoms with Crippen LogP contribution in [0.25, 0.3) is 0 Å². The van der Waals surface area contributed by atoms with Crippen LogP contribution in [0.2, 0.25) is 0 Å². The summed E-state index contributed by atoms with van der Waals surface area (Å²) in [5.41, 5.74) is -0.979. The molecule has 1 aromatic carbocycles. The van der Waals surface area contributed by atoms with Gasteiger partial charge in [-0.05, 0) is 38.5 Å². The Morgan fingerprint density at radius 2 is 1.85 bits per heavy atom. The summed E-state index contributed by atoms with van der Waals surface area (Å²) in [6.07, 6.45) is 0. The van der Waals surface area contributed by atoms with E-state index in [0.717, 1.165) is 0 Å². The van der Waals surface area contributed by atoms with Crippen LogP contribution in [0.3, 0.4) is 0 Å². The zero-order chi connectivity index (χ0) is 15.6. The van der Waals surface area contributed by atoms with Crippen LogP contribution in [0.15, 0.2) is 24.3 Å². The van der Waals surface area contributed by atoms with Crippen molar-refractivity contribution in [3.63, 3.8) is 0 Å². The molecule has 114 valence electrons. The van der Waals surface area contributed by atoms with E-state index < -0.39 is 21.6 Å². The molecule has 0 spiro atoms. The van der Waals surface area contributed by atoms with E-state index in [1.54, 1.807) is 13.8 Å². The minimum absolute atomic E-state index is 0.191. The van der Waals surface area contributed by atoms with E-state index in [1.165, 1.54) is 42.5 Å². The molecule has 0 aliphatic rings. The minimum Gasteiger partial charge on any atom is -0.384 e. The lowest BCUT2D eigenvalue weighted by Gasteiger charge is -2.27. The van der Waals surface area contributed by atoms with Gasteiger partial charge in [0.15, 0.2) is 0 Å². The van der Waals surface area contributed by atoms with E-state index in [2.05, 4.69) is 4.72 Å². The second-order valence-corrected chi connectivity index (χ2v) is 7.03. The summed E-state index contributed by atoms with van der Waals surface area (Å²) in [6, 6.07) is 5.10. The van der Waals surface area contributed by atoms with E-state index in [0.29, 0.717) is 5.56 Å². The third-order valence-corrected chi connectivity index (χ3v) is 4.86. The Morgan fingerprint density at radius 1 is 1.35 bits per heavy atom. The first-order valence-corrected chi connectivity index (χ1v) is 7.71. The van der Waals surface area contributed by atoms with Crippen molar-refractivity contribution in [2.24, 2.45) is 0 Å². The highest BCUT2D eigenvalue weighted by Crippen LogP contribution is 2.20. The predicted molar refractivity (Wildman–Crippen MR) is 75.8 cm³/mol. The predicted octanol–water partition coefficient (Wildman–Crippen LogP) is 1.21. The van der Waals surface area contributed by atoms with Gasteiger partial charge in [-0.1, -0.05) is 12.1 Å². The van der Waals surface area contributed by atoms with Gasteiger partial charge < -0.3 is 5.11 Å². The van der Waals surface area contributed by atoms with Gasteiger partial charge in [-0.2, -0.15) is 17.4 Å². The smallest absolute Gasteiger partial charge is 0.279 e. The Labute approximate surface area is 119 Å². The van der Waals surface area contributed by atoms with Crippen LogP contribution in [0.5, 0.6) is 0 Å². The molecule has 0 fully saturated rings. The molecule has 0 saturated carbocycles. The summed E-state index contributed by atoms with van der Waals surface area (Å²) in [4.78, 5) is 0. The highest BCUT2D eigenvalue weighted by atomic mass is 32.2. The number of hydrogen-bond acceptors (Lipinski definition) is 3. The monoisotopic (exact) mass is 304 g/mol. The lowest BCUT2D eigenvalue weighted by Crippen LogP contribution is -2.46. The summed E-state index contributed by atoms with van der Waals surface area (Å²) in [7, 11) is -2.20. The van der Waals surface area contributed by atoms with Gasteiger partial charge in [0.05, 0.1) is 0 Å². The van der Waals surface area contributed by atoms with E-state index in [-0.39, 0.29) is 12.6 Å². The number of rotatable bonds is 6. The maximum absolute atomic E-state index is 12.8. The van der Waals surface area contributed by atoms with Crippen LogP contribution < -0.4 is 4.72 Å². The summed E-state index contributed by atoms with van der Waals surface area (Å²) in [5.74, 6) is -0.412. The topological polar surface area (TPSA) is 69.6 Å². The van der Waals surface area contributed by atoms with E-state index in [9.17, 15) is 17.9 Å². The Kier molecular flexibility index (Phi) is 5.26. The standard InChI is InChI=1S/C13H21FN2O3S/c1-10(2)16(4)20(18,19)15-9-13(3,17)11-5-7-12(14)8-6-11/h5-8,10,15,17H,9H2,1-4H3. The molecular weight excluding hydrogens is 283 g/mol. The second kappa shape index (κ2) is 6.17. The molecule has 5 nitrogen and oxygen atoms in total.